The SMILES string of the molecule is COc1ccc([C@H](O)CN2CCN(c3ccc(OCCO)cc3Cl)[C@H](c3ccc(Cl)cc3)C2)cn1. The number of halogens is 2. The number of nitrogens with zero attached hydrogens (tertiary/aromatic N) is 3. The van der Waals surface area contributed by atoms with Crippen LogP contribution >= 0.6 is 23.2 Å². The van der Waals surface area contributed by atoms with E-state index in [1.165, 1.54) is 0 Å². The lowest BCUT2D eigenvalue weighted by Crippen LogP contribution is -2.49. The molecule has 4 rings (SSSR count). The van der Waals surface area contributed by atoms with Gasteiger partial charge in [0.25, 0.3) is 0 Å². The number of pyridine rings is 1. The number of aromatic nitrogens is 1. The van der Waals surface area contributed by atoms with Crippen molar-refractivity contribution in [2.24, 2.45) is 0 Å². The Bertz CT molecular complexity index is 1100. The van der Waals surface area contributed by atoms with Crippen LogP contribution in [0.3, 0.4) is 0 Å². The van der Waals surface area contributed by atoms with Crippen LogP contribution in [0.25, 0.3) is 0 Å². The smallest absolute Gasteiger partial charge is 0.212 e. The van der Waals surface area contributed by atoms with Crippen molar-refractivity contribution in [1.82, 2.24) is 9.88 Å². The zero-order valence-corrected chi connectivity index (χ0v) is 21.0. The van der Waals surface area contributed by atoms with Gasteiger partial charge in [0, 0.05) is 55.1 Å². The third-order valence-electron chi connectivity index (χ3n) is 6.09. The monoisotopic (exact) mass is 517 g/mol. The molecule has 2 heterocycles. The van der Waals surface area contributed by atoms with E-state index in [1.54, 1.807) is 25.4 Å². The van der Waals surface area contributed by atoms with Crippen LogP contribution in [-0.4, -0.2) is 66.6 Å². The Hall–Kier alpha value is -2.55. The van der Waals surface area contributed by atoms with Gasteiger partial charge in [-0.2, -0.15) is 0 Å². The summed E-state index contributed by atoms with van der Waals surface area (Å²) < 4.78 is 10.6. The number of benzene rings is 2. The van der Waals surface area contributed by atoms with Crippen molar-refractivity contribution in [3.05, 3.63) is 82.0 Å². The maximum atomic E-state index is 10.9. The Morgan fingerprint density at radius 1 is 1.09 bits per heavy atom. The van der Waals surface area contributed by atoms with E-state index in [1.807, 2.05) is 42.5 Å². The molecule has 0 radical (unpaired) electrons. The van der Waals surface area contributed by atoms with Gasteiger partial charge in [0.05, 0.1) is 36.6 Å². The number of ether oxygens (including phenoxy) is 2. The molecule has 0 unspecified atom stereocenters. The highest BCUT2D eigenvalue weighted by Gasteiger charge is 2.31. The lowest BCUT2D eigenvalue weighted by Gasteiger charge is -2.44. The Balaban J connectivity index is 1.54. The van der Waals surface area contributed by atoms with Gasteiger partial charge >= 0.3 is 0 Å². The number of aliphatic hydroxyl groups is 2. The second-order valence-electron chi connectivity index (χ2n) is 8.36. The van der Waals surface area contributed by atoms with Gasteiger partial charge in [0.2, 0.25) is 5.88 Å². The van der Waals surface area contributed by atoms with Crippen molar-refractivity contribution in [1.29, 1.82) is 0 Å². The van der Waals surface area contributed by atoms with Crippen LogP contribution in [0.4, 0.5) is 5.69 Å². The molecule has 1 aromatic heterocycles. The van der Waals surface area contributed by atoms with Crippen molar-refractivity contribution in [3.63, 3.8) is 0 Å². The Labute approximate surface area is 215 Å². The quantitative estimate of drug-likeness (QED) is 0.436. The first kappa shape index (κ1) is 25.5. The first-order chi connectivity index (χ1) is 17.0. The van der Waals surface area contributed by atoms with E-state index in [4.69, 9.17) is 37.8 Å². The number of rotatable bonds is 9. The average molecular weight is 518 g/mol. The number of methoxy groups -OCH3 is 1. The van der Waals surface area contributed by atoms with E-state index >= 15 is 0 Å². The Morgan fingerprint density at radius 2 is 1.89 bits per heavy atom. The average Bonchev–Trinajstić information content (AvgIpc) is 2.88. The summed E-state index contributed by atoms with van der Waals surface area (Å²) >= 11 is 12.8. The van der Waals surface area contributed by atoms with Gasteiger partial charge in [-0.25, -0.2) is 4.98 Å². The van der Waals surface area contributed by atoms with Gasteiger partial charge in [0.1, 0.15) is 12.4 Å². The van der Waals surface area contributed by atoms with Crippen LogP contribution in [0.1, 0.15) is 23.3 Å². The van der Waals surface area contributed by atoms with Gasteiger partial charge in [-0.05, 0) is 35.9 Å². The highest BCUT2D eigenvalue weighted by molar-refractivity contribution is 6.33. The standard InChI is InChI=1S/C26H29Cl2N3O4/c1-34-26-9-4-19(15-29-26)25(33)17-30-10-11-31(24(16-30)18-2-5-20(27)6-3-18)23-8-7-21(14-22(23)28)35-13-12-32/h2-9,14-15,24-25,32-33H,10-13,16-17H2,1H3/t24-,25+/m0/s1. The van der Waals surface area contributed by atoms with Crippen LogP contribution in [0, 0.1) is 0 Å². The topological polar surface area (TPSA) is 78.3 Å². The van der Waals surface area contributed by atoms with Crippen molar-refractivity contribution in [2.75, 3.05) is 51.4 Å². The summed E-state index contributed by atoms with van der Waals surface area (Å²) in [5.41, 5.74) is 2.76. The Kier molecular flexibility index (Phi) is 8.70. The summed E-state index contributed by atoms with van der Waals surface area (Å²) in [7, 11) is 1.57. The number of anilines is 1. The molecule has 3 aromatic rings. The van der Waals surface area contributed by atoms with Gasteiger partial charge in [0.15, 0.2) is 0 Å². The Morgan fingerprint density at radius 3 is 2.54 bits per heavy atom. The zero-order chi connectivity index (χ0) is 24.8. The lowest BCUT2D eigenvalue weighted by atomic mass is 10.0. The third kappa shape index (κ3) is 6.37. The van der Waals surface area contributed by atoms with Crippen LogP contribution in [-0.2, 0) is 0 Å². The molecule has 186 valence electrons. The van der Waals surface area contributed by atoms with E-state index in [-0.39, 0.29) is 19.3 Å². The maximum Gasteiger partial charge on any atom is 0.212 e. The fourth-order valence-corrected chi connectivity index (χ4v) is 4.70. The minimum atomic E-state index is -0.669. The van der Waals surface area contributed by atoms with Crippen LogP contribution < -0.4 is 14.4 Å². The second-order valence-corrected chi connectivity index (χ2v) is 9.20. The number of piperazine rings is 1. The van der Waals surface area contributed by atoms with Crippen molar-refractivity contribution in [3.8, 4) is 11.6 Å². The molecule has 0 aliphatic carbocycles. The van der Waals surface area contributed by atoms with E-state index in [2.05, 4.69) is 14.8 Å². The molecule has 0 spiro atoms. The van der Waals surface area contributed by atoms with E-state index in [0.29, 0.717) is 34.8 Å². The largest absolute Gasteiger partial charge is 0.491 e. The summed E-state index contributed by atoms with van der Waals surface area (Å²) in [5.74, 6) is 1.13. The fraction of sp³-hybridized carbons (Fsp3) is 0.346. The predicted molar refractivity (Wildman–Crippen MR) is 138 cm³/mol. The molecule has 0 amide bonds. The van der Waals surface area contributed by atoms with Gasteiger partial charge in [-0.1, -0.05) is 35.3 Å². The van der Waals surface area contributed by atoms with Crippen LogP contribution in [0.5, 0.6) is 11.6 Å². The first-order valence-corrected chi connectivity index (χ1v) is 12.2. The van der Waals surface area contributed by atoms with Gasteiger partial charge < -0.3 is 24.6 Å². The molecule has 0 bridgehead atoms. The normalized spacial score (nSPS) is 17.3. The number of aliphatic hydroxyl groups excluding tert-OH is 2. The fourth-order valence-electron chi connectivity index (χ4n) is 4.30. The molecule has 1 aliphatic heterocycles. The molecule has 2 atom stereocenters. The lowest BCUT2D eigenvalue weighted by molar-refractivity contribution is 0.100. The molecule has 1 saturated heterocycles. The molecule has 9 heteroatoms. The van der Waals surface area contributed by atoms with Crippen molar-refractivity contribution >= 4 is 28.9 Å². The van der Waals surface area contributed by atoms with E-state index < -0.39 is 6.10 Å². The minimum absolute atomic E-state index is 0.00363. The summed E-state index contributed by atoms with van der Waals surface area (Å²) in [6.07, 6.45) is 0.980. The van der Waals surface area contributed by atoms with Crippen LogP contribution in [0.2, 0.25) is 10.0 Å². The van der Waals surface area contributed by atoms with Gasteiger partial charge in [-0.3, -0.25) is 4.90 Å². The number of hydrogen-bond donors (Lipinski definition) is 2. The molecule has 1 aliphatic rings. The van der Waals surface area contributed by atoms with E-state index in [0.717, 1.165) is 29.9 Å². The highest BCUT2D eigenvalue weighted by Crippen LogP contribution is 2.37. The number of β-amino-alcohol motifs (C(OH)–C–C–N with tert-alkyl or cyclic N) is 1. The molecule has 7 nitrogen and oxygen atoms in total. The van der Waals surface area contributed by atoms with Gasteiger partial charge in [-0.15, -0.1) is 0 Å². The number of hydrogen-bond acceptors (Lipinski definition) is 7. The molecular formula is C26H29Cl2N3O4. The van der Waals surface area contributed by atoms with E-state index in [9.17, 15) is 5.11 Å². The highest BCUT2D eigenvalue weighted by atomic mass is 35.5. The molecular weight excluding hydrogens is 489 g/mol. The molecule has 1 fully saturated rings. The minimum Gasteiger partial charge on any atom is -0.491 e. The van der Waals surface area contributed by atoms with Crippen molar-refractivity contribution in [2.45, 2.75) is 12.1 Å². The maximum absolute atomic E-state index is 10.9. The molecule has 2 aromatic carbocycles. The predicted octanol–water partition coefficient (Wildman–Crippen LogP) is 4.37. The summed E-state index contributed by atoms with van der Waals surface area (Å²) in [6, 6.07) is 17.0. The molecule has 0 saturated carbocycles. The third-order valence-corrected chi connectivity index (χ3v) is 6.65. The zero-order valence-electron chi connectivity index (χ0n) is 19.5. The summed E-state index contributed by atoms with van der Waals surface area (Å²) in [4.78, 5) is 8.73. The van der Waals surface area contributed by atoms with Crippen molar-refractivity contribution < 1.29 is 19.7 Å². The summed E-state index contributed by atoms with van der Waals surface area (Å²) in [5, 5.41) is 21.1. The second kappa shape index (κ2) is 11.9. The molecule has 2 N–H and O–H groups in total. The first-order valence-electron chi connectivity index (χ1n) is 11.4. The molecule has 35 heavy (non-hydrogen) atoms. The van der Waals surface area contributed by atoms with Crippen LogP contribution in [0.15, 0.2) is 60.8 Å². The summed E-state index contributed by atoms with van der Waals surface area (Å²) in [6.45, 7) is 2.81.